The van der Waals surface area contributed by atoms with Crippen LogP contribution in [0.3, 0.4) is 0 Å². The van der Waals surface area contributed by atoms with E-state index in [1.807, 2.05) is 6.07 Å². The lowest BCUT2D eigenvalue weighted by atomic mass is 10.1. The minimum atomic E-state index is -3.63. The fraction of sp³-hybridized carbons (Fsp3) is 0.222. The maximum Gasteiger partial charge on any atom is 0.257 e. The molecule has 2 aromatic rings. The molecular formula is C18H19N5O3S. The number of carbonyl (C=O) groups is 1. The molecule has 2 aliphatic rings. The number of carbonyl (C=O) groups excluding carboxylic acids is 1. The number of nitrogens with one attached hydrogen (secondary N) is 3. The van der Waals surface area contributed by atoms with Crippen LogP contribution in [0.25, 0.3) is 11.6 Å². The number of benzene rings is 1. The lowest BCUT2D eigenvalue weighted by Crippen LogP contribution is -2.52. The Morgan fingerprint density at radius 1 is 1.11 bits per heavy atom. The summed E-state index contributed by atoms with van der Waals surface area (Å²) in [5.41, 5.74) is 1.98. The van der Waals surface area contributed by atoms with E-state index in [4.69, 9.17) is 0 Å². The Morgan fingerprint density at radius 3 is 2.59 bits per heavy atom. The van der Waals surface area contributed by atoms with Crippen molar-refractivity contribution in [1.82, 2.24) is 20.1 Å². The summed E-state index contributed by atoms with van der Waals surface area (Å²) in [6.45, 7) is 2.72. The zero-order valence-electron chi connectivity index (χ0n) is 14.5. The fourth-order valence-electron chi connectivity index (χ4n) is 3.05. The van der Waals surface area contributed by atoms with Crippen LogP contribution >= 0.6 is 0 Å². The highest BCUT2D eigenvalue weighted by atomic mass is 32.2. The minimum Gasteiger partial charge on any atom is -0.314 e. The lowest BCUT2D eigenvalue weighted by Gasteiger charge is -2.27. The Hall–Kier alpha value is -2.59. The fourth-order valence-corrected chi connectivity index (χ4v) is 4.17. The van der Waals surface area contributed by atoms with Crippen molar-refractivity contribution in [2.45, 2.75) is 4.90 Å². The Labute approximate surface area is 157 Å². The molecule has 0 unspecified atom stereocenters. The number of hydrogen-bond acceptors (Lipinski definition) is 6. The van der Waals surface area contributed by atoms with E-state index in [0.717, 1.165) is 24.2 Å². The maximum absolute atomic E-state index is 12.5. The van der Waals surface area contributed by atoms with E-state index in [2.05, 4.69) is 20.4 Å². The molecule has 27 heavy (non-hydrogen) atoms. The number of rotatable bonds is 4. The summed E-state index contributed by atoms with van der Waals surface area (Å²) in [6.07, 6.45) is 3.34. The number of fused-ring (bicyclic) bond motifs is 1. The quantitative estimate of drug-likeness (QED) is 0.669. The number of sulfonamides is 1. The predicted molar refractivity (Wildman–Crippen MR) is 102 cm³/mol. The van der Waals surface area contributed by atoms with E-state index in [9.17, 15) is 13.2 Å². The molecule has 8 nitrogen and oxygen atoms in total. The molecule has 9 heteroatoms. The number of amides is 1. The van der Waals surface area contributed by atoms with Gasteiger partial charge in [-0.05, 0) is 35.9 Å². The molecule has 140 valence electrons. The molecule has 1 aromatic carbocycles. The van der Waals surface area contributed by atoms with Crippen molar-refractivity contribution in [3.63, 3.8) is 0 Å². The minimum absolute atomic E-state index is 0.182. The number of piperazine rings is 1. The first-order valence-corrected chi connectivity index (χ1v) is 10.1. The van der Waals surface area contributed by atoms with Crippen LogP contribution in [0.4, 0.5) is 5.82 Å². The Kier molecular flexibility index (Phi) is 4.75. The normalized spacial score (nSPS) is 19.1. The molecular weight excluding hydrogens is 366 g/mol. The SMILES string of the molecule is O=C1Nc2ncccc2C1=Cc1ccc(S(=O)(=O)NN2CCNCC2)cc1. The van der Waals surface area contributed by atoms with Gasteiger partial charge in [0.15, 0.2) is 0 Å². The molecule has 0 atom stereocenters. The van der Waals surface area contributed by atoms with Crippen LogP contribution in [0.1, 0.15) is 11.1 Å². The van der Waals surface area contributed by atoms with Crippen molar-refractivity contribution in [3.05, 3.63) is 53.7 Å². The average molecular weight is 385 g/mol. The van der Waals surface area contributed by atoms with Gasteiger partial charge in [0.1, 0.15) is 5.82 Å². The Balaban J connectivity index is 1.55. The summed E-state index contributed by atoms with van der Waals surface area (Å²) in [5.74, 6) is 0.314. The van der Waals surface area contributed by atoms with Crippen LogP contribution < -0.4 is 15.5 Å². The molecule has 0 spiro atoms. The topological polar surface area (TPSA) is 103 Å². The molecule has 0 bridgehead atoms. The summed E-state index contributed by atoms with van der Waals surface area (Å²) < 4.78 is 25.0. The van der Waals surface area contributed by atoms with Gasteiger partial charge in [-0.15, -0.1) is 4.83 Å². The van der Waals surface area contributed by atoms with E-state index in [0.29, 0.717) is 24.5 Å². The van der Waals surface area contributed by atoms with E-state index < -0.39 is 10.0 Å². The Morgan fingerprint density at radius 2 is 1.85 bits per heavy atom. The lowest BCUT2D eigenvalue weighted by molar-refractivity contribution is -0.110. The molecule has 1 aromatic heterocycles. The molecule has 0 radical (unpaired) electrons. The second-order valence-corrected chi connectivity index (χ2v) is 7.97. The van der Waals surface area contributed by atoms with E-state index >= 15 is 0 Å². The van der Waals surface area contributed by atoms with Crippen molar-refractivity contribution in [2.75, 3.05) is 31.5 Å². The number of anilines is 1. The Bertz CT molecular complexity index is 996. The third-order valence-electron chi connectivity index (χ3n) is 4.44. The van der Waals surface area contributed by atoms with Gasteiger partial charge in [-0.1, -0.05) is 12.1 Å². The number of hydrazine groups is 1. The predicted octanol–water partition coefficient (Wildman–Crippen LogP) is 0.673. The summed E-state index contributed by atoms with van der Waals surface area (Å²) in [6, 6.07) is 10.0. The maximum atomic E-state index is 12.5. The standard InChI is InChI=1S/C18H19N5O3S/c24-18-16(15-2-1-7-20-17(15)21-18)12-13-3-5-14(6-4-13)27(25,26)22-23-10-8-19-9-11-23/h1-7,12,19,22H,8-11H2,(H,20,21,24). The van der Waals surface area contributed by atoms with Gasteiger partial charge in [0.05, 0.1) is 10.5 Å². The van der Waals surface area contributed by atoms with Gasteiger partial charge in [-0.3, -0.25) is 4.79 Å². The van der Waals surface area contributed by atoms with Crippen molar-refractivity contribution in [2.24, 2.45) is 0 Å². The highest BCUT2D eigenvalue weighted by molar-refractivity contribution is 7.89. The van der Waals surface area contributed by atoms with Crippen molar-refractivity contribution in [1.29, 1.82) is 0 Å². The van der Waals surface area contributed by atoms with Gasteiger partial charge in [0, 0.05) is 37.9 Å². The second-order valence-electron chi connectivity index (χ2n) is 6.31. The number of hydrogen-bond donors (Lipinski definition) is 3. The third-order valence-corrected chi connectivity index (χ3v) is 5.83. The van der Waals surface area contributed by atoms with E-state index in [-0.39, 0.29) is 10.8 Å². The molecule has 3 heterocycles. The van der Waals surface area contributed by atoms with E-state index in [1.54, 1.807) is 35.5 Å². The summed E-state index contributed by atoms with van der Waals surface area (Å²) in [4.78, 5) is 19.1. The van der Waals surface area contributed by atoms with Crippen LogP contribution in [-0.4, -0.2) is 50.5 Å². The first-order chi connectivity index (χ1) is 13.0. The van der Waals surface area contributed by atoms with Gasteiger partial charge in [0.2, 0.25) is 0 Å². The van der Waals surface area contributed by atoms with Gasteiger partial charge in [0.25, 0.3) is 15.9 Å². The van der Waals surface area contributed by atoms with Gasteiger partial charge in [-0.2, -0.15) is 0 Å². The van der Waals surface area contributed by atoms with Crippen LogP contribution in [0.2, 0.25) is 0 Å². The summed E-state index contributed by atoms with van der Waals surface area (Å²) in [7, 11) is -3.63. The van der Waals surface area contributed by atoms with Crippen LogP contribution in [-0.2, 0) is 14.8 Å². The van der Waals surface area contributed by atoms with Gasteiger partial charge < -0.3 is 10.6 Å². The third kappa shape index (κ3) is 3.76. The molecule has 1 amide bonds. The smallest absolute Gasteiger partial charge is 0.257 e. The van der Waals surface area contributed by atoms with Crippen molar-refractivity contribution < 1.29 is 13.2 Å². The van der Waals surface area contributed by atoms with Crippen molar-refractivity contribution in [3.8, 4) is 0 Å². The molecule has 1 saturated heterocycles. The van der Waals surface area contributed by atoms with Crippen LogP contribution in [0, 0.1) is 0 Å². The number of nitrogens with zero attached hydrogens (tertiary/aromatic N) is 2. The van der Waals surface area contributed by atoms with E-state index in [1.165, 1.54) is 12.1 Å². The number of aromatic nitrogens is 1. The highest BCUT2D eigenvalue weighted by Crippen LogP contribution is 2.31. The molecule has 0 saturated carbocycles. The molecule has 1 fully saturated rings. The first-order valence-electron chi connectivity index (χ1n) is 8.59. The summed E-state index contributed by atoms with van der Waals surface area (Å²) in [5, 5.41) is 7.58. The number of pyridine rings is 1. The zero-order chi connectivity index (χ0) is 18.9. The first kappa shape index (κ1) is 17.8. The van der Waals surface area contributed by atoms with Crippen LogP contribution in [0.15, 0.2) is 47.5 Å². The second kappa shape index (κ2) is 7.20. The zero-order valence-corrected chi connectivity index (χ0v) is 15.3. The molecule has 4 rings (SSSR count). The van der Waals surface area contributed by atoms with Gasteiger partial charge >= 0.3 is 0 Å². The molecule has 2 aliphatic heterocycles. The highest BCUT2D eigenvalue weighted by Gasteiger charge is 2.25. The average Bonchev–Trinajstić information content (AvgIpc) is 2.98. The van der Waals surface area contributed by atoms with Gasteiger partial charge in [-0.25, -0.2) is 18.4 Å². The largest absolute Gasteiger partial charge is 0.314 e. The molecule has 3 N–H and O–H groups in total. The molecule has 0 aliphatic carbocycles. The monoisotopic (exact) mass is 385 g/mol. The van der Waals surface area contributed by atoms with Crippen molar-refractivity contribution >= 4 is 33.4 Å². The summed E-state index contributed by atoms with van der Waals surface area (Å²) >= 11 is 0. The van der Waals surface area contributed by atoms with Crippen LogP contribution in [0.5, 0.6) is 0 Å².